The number of esters is 1. The van der Waals surface area contributed by atoms with Gasteiger partial charge in [-0.1, -0.05) is 30.1 Å². The summed E-state index contributed by atoms with van der Waals surface area (Å²) in [5, 5.41) is 9.44. The molecule has 1 aliphatic rings. The largest absolute Gasteiger partial charge is 0.495 e. The summed E-state index contributed by atoms with van der Waals surface area (Å²) >= 11 is 0. The van der Waals surface area contributed by atoms with E-state index < -0.39 is 11.4 Å². The van der Waals surface area contributed by atoms with Crippen molar-refractivity contribution in [1.29, 1.82) is 0 Å². The first kappa shape index (κ1) is 25.2. The number of nitrogens with zero attached hydrogens (tertiary/aromatic N) is 2. The smallest absolute Gasteiger partial charge is 0.313 e. The Kier molecular flexibility index (Phi) is 7.90. The van der Waals surface area contributed by atoms with Crippen molar-refractivity contribution in [1.82, 2.24) is 15.5 Å². The Morgan fingerprint density at radius 3 is 2.50 bits per heavy atom. The summed E-state index contributed by atoms with van der Waals surface area (Å²) in [6.45, 7) is 5.47. The number of rotatable bonds is 9. The van der Waals surface area contributed by atoms with Gasteiger partial charge >= 0.3 is 5.97 Å². The summed E-state index contributed by atoms with van der Waals surface area (Å²) in [4.78, 5) is 41.9. The van der Waals surface area contributed by atoms with E-state index in [4.69, 9.17) is 14.0 Å². The fraction of sp³-hybridized carbons (Fsp3) is 0.542. The van der Waals surface area contributed by atoms with Crippen molar-refractivity contribution in [3.63, 3.8) is 0 Å². The number of ether oxygens (including phenoxy) is 2. The molecule has 3 rings (SSSR count). The van der Waals surface area contributed by atoms with E-state index in [1.807, 2.05) is 20.8 Å². The van der Waals surface area contributed by atoms with Crippen molar-refractivity contribution in [2.75, 3.05) is 12.4 Å². The van der Waals surface area contributed by atoms with Crippen LogP contribution in [0.2, 0.25) is 0 Å². The Hall–Kier alpha value is -3.43. The molecule has 10 nitrogen and oxygen atoms in total. The monoisotopic (exact) mass is 472 g/mol. The Balaban J connectivity index is 1.54. The maximum atomic E-state index is 12.9. The minimum Gasteiger partial charge on any atom is -0.495 e. The molecule has 1 aromatic heterocycles. The molecule has 34 heavy (non-hydrogen) atoms. The molecule has 0 atom stereocenters. The molecule has 1 saturated carbocycles. The van der Waals surface area contributed by atoms with Gasteiger partial charge in [0, 0.05) is 12.0 Å². The third kappa shape index (κ3) is 6.79. The number of para-hydroxylation sites is 2. The lowest BCUT2D eigenvalue weighted by Crippen LogP contribution is -2.44. The Bertz CT molecular complexity index is 1020. The lowest BCUT2D eigenvalue weighted by molar-refractivity contribution is -0.160. The van der Waals surface area contributed by atoms with Crippen LogP contribution in [0.3, 0.4) is 0 Å². The van der Waals surface area contributed by atoms with Crippen molar-refractivity contribution < 1.29 is 28.4 Å². The first-order valence-corrected chi connectivity index (χ1v) is 11.3. The van der Waals surface area contributed by atoms with Crippen LogP contribution < -0.4 is 15.4 Å². The van der Waals surface area contributed by atoms with Crippen LogP contribution >= 0.6 is 0 Å². The van der Waals surface area contributed by atoms with Gasteiger partial charge in [-0.15, -0.1) is 0 Å². The third-order valence-electron chi connectivity index (χ3n) is 5.54. The molecule has 2 N–H and O–H groups in total. The lowest BCUT2D eigenvalue weighted by atomic mass is 9.82. The van der Waals surface area contributed by atoms with Crippen LogP contribution in [0, 0.1) is 5.41 Å². The Labute approximate surface area is 198 Å². The molecule has 1 aromatic carbocycles. The number of benzene rings is 1. The number of hydrogen-bond acceptors (Lipinski definition) is 8. The van der Waals surface area contributed by atoms with Gasteiger partial charge < -0.3 is 24.6 Å². The molecule has 1 aliphatic carbocycles. The van der Waals surface area contributed by atoms with Crippen molar-refractivity contribution in [2.24, 2.45) is 5.41 Å². The highest BCUT2D eigenvalue weighted by molar-refractivity contribution is 5.93. The average molecular weight is 473 g/mol. The van der Waals surface area contributed by atoms with Crippen LogP contribution in [0.1, 0.15) is 64.6 Å². The minimum absolute atomic E-state index is 0.0840. The van der Waals surface area contributed by atoms with Crippen LogP contribution in [-0.2, 0) is 32.1 Å². The molecule has 0 aliphatic heterocycles. The second-order valence-electron chi connectivity index (χ2n) is 9.57. The first-order chi connectivity index (χ1) is 16.1. The summed E-state index contributed by atoms with van der Waals surface area (Å²) in [5.74, 6) is -0.174. The van der Waals surface area contributed by atoms with Crippen LogP contribution in [0.5, 0.6) is 5.75 Å². The van der Waals surface area contributed by atoms with Crippen molar-refractivity contribution in [3.05, 3.63) is 36.0 Å². The van der Waals surface area contributed by atoms with E-state index in [1.165, 1.54) is 7.11 Å². The standard InChI is InChI=1S/C24H32N4O6/c1-23(2,3)27-20(30)14-24(11-7-8-12-24)22(31)33-15-21-26-18(28-34-21)13-19(29)25-16-9-5-6-10-17(16)32-4/h5-6,9-10H,7-8,11-15H2,1-4H3,(H,25,29)(H,27,30). The topological polar surface area (TPSA) is 133 Å². The van der Waals surface area contributed by atoms with Gasteiger partial charge in [0.2, 0.25) is 11.8 Å². The number of nitrogens with one attached hydrogen (secondary N) is 2. The number of hydrogen-bond donors (Lipinski definition) is 2. The summed E-state index contributed by atoms with van der Waals surface area (Å²) < 4.78 is 15.8. The molecule has 1 heterocycles. The van der Waals surface area contributed by atoms with Crippen LogP contribution in [0.15, 0.2) is 28.8 Å². The number of aromatic nitrogens is 2. The highest BCUT2D eigenvalue weighted by Gasteiger charge is 2.44. The SMILES string of the molecule is COc1ccccc1NC(=O)Cc1noc(COC(=O)C2(CC(=O)NC(C)(C)C)CCCC2)n1. The number of anilines is 1. The number of methoxy groups -OCH3 is 1. The van der Waals surface area contributed by atoms with Crippen LogP contribution in [0.4, 0.5) is 5.69 Å². The number of amides is 2. The zero-order chi connectivity index (χ0) is 24.8. The fourth-order valence-corrected chi connectivity index (χ4v) is 4.06. The summed E-state index contributed by atoms with van der Waals surface area (Å²) in [6, 6.07) is 7.04. The molecule has 184 valence electrons. The van der Waals surface area contributed by atoms with Crippen molar-refractivity contribution >= 4 is 23.5 Å². The van der Waals surface area contributed by atoms with E-state index >= 15 is 0 Å². The molecule has 2 amide bonds. The highest BCUT2D eigenvalue weighted by atomic mass is 16.6. The normalized spacial score (nSPS) is 14.9. The van der Waals surface area contributed by atoms with E-state index in [-0.39, 0.29) is 48.5 Å². The zero-order valence-electron chi connectivity index (χ0n) is 20.1. The minimum atomic E-state index is -0.840. The maximum absolute atomic E-state index is 12.9. The van der Waals surface area contributed by atoms with Gasteiger partial charge in [0.15, 0.2) is 12.4 Å². The third-order valence-corrected chi connectivity index (χ3v) is 5.54. The maximum Gasteiger partial charge on any atom is 0.313 e. The second kappa shape index (κ2) is 10.7. The summed E-state index contributed by atoms with van der Waals surface area (Å²) in [6.07, 6.45) is 2.89. The molecular formula is C24H32N4O6. The van der Waals surface area contributed by atoms with Gasteiger partial charge in [-0.3, -0.25) is 14.4 Å². The summed E-state index contributed by atoms with van der Waals surface area (Å²) in [7, 11) is 1.52. The van der Waals surface area contributed by atoms with Gasteiger partial charge in [-0.05, 0) is 45.7 Å². The van der Waals surface area contributed by atoms with E-state index in [0.29, 0.717) is 24.3 Å². The Morgan fingerprint density at radius 2 is 1.82 bits per heavy atom. The van der Waals surface area contributed by atoms with Crippen LogP contribution in [-0.4, -0.2) is 40.6 Å². The van der Waals surface area contributed by atoms with E-state index in [0.717, 1.165) is 12.8 Å². The molecular weight excluding hydrogens is 440 g/mol. The molecule has 2 aromatic rings. The number of carbonyl (C=O) groups is 3. The fourth-order valence-electron chi connectivity index (χ4n) is 4.06. The van der Waals surface area contributed by atoms with Gasteiger partial charge in [0.1, 0.15) is 5.75 Å². The molecule has 0 saturated heterocycles. The summed E-state index contributed by atoms with van der Waals surface area (Å²) in [5.41, 5.74) is -0.684. The Morgan fingerprint density at radius 1 is 1.12 bits per heavy atom. The highest BCUT2D eigenvalue weighted by Crippen LogP contribution is 2.42. The van der Waals surface area contributed by atoms with Crippen molar-refractivity contribution in [3.8, 4) is 5.75 Å². The molecule has 1 fully saturated rings. The predicted octanol–water partition coefficient (Wildman–Crippen LogP) is 3.17. The molecule has 0 spiro atoms. The predicted molar refractivity (Wildman–Crippen MR) is 123 cm³/mol. The zero-order valence-corrected chi connectivity index (χ0v) is 20.1. The molecule has 0 radical (unpaired) electrons. The van der Waals surface area contributed by atoms with Crippen molar-refractivity contribution in [2.45, 2.75) is 71.4 Å². The number of carbonyl (C=O) groups excluding carboxylic acids is 3. The molecule has 0 bridgehead atoms. The lowest BCUT2D eigenvalue weighted by Gasteiger charge is -2.28. The van der Waals surface area contributed by atoms with Crippen LogP contribution in [0.25, 0.3) is 0 Å². The molecule has 0 unspecified atom stereocenters. The van der Waals surface area contributed by atoms with Gasteiger partial charge in [-0.2, -0.15) is 4.98 Å². The second-order valence-corrected chi connectivity index (χ2v) is 9.57. The molecule has 10 heteroatoms. The van der Waals surface area contributed by atoms with Gasteiger partial charge in [-0.25, -0.2) is 0 Å². The quantitative estimate of drug-likeness (QED) is 0.532. The van der Waals surface area contributed by atoms with Gasteiger partial charge in [0.25, 0.3) is 5.89 Å². The van der Waals surface area contributed by atoms with E-state index in [1.54, 1.807) is 24.3 Å². The first-order valence-electron chi connectivity index (χ1n) is 11.3. The van der Waals surface area contributed by atoms with E-state index in [9.17, 15) is 14.4 Å². The van der Waals surface area contributed by atoms with E-state index in [2.05, 4.69) is 20.8 Å². The average Bonchev–Trinajstić information content (AvgIpc) is 3.41. The van der Waals surface area contributed by atoms with Gasteiger partial charge in [0.05, 0.1) is 24.6 Å².